The summed E-state index contributed by atoms with van der Waals surface area (Å²) in [5, 5.41) is 2.96. The number of hydrogen-bond donors (Lipinski definition) is 1. The molecule has 4 rings (SSSR count). The molecule has 26 heavy (non-hydrogen) atoms. The minimum absolute atomic E-state index is 0.0219. The first-order chi connectivity index (χ1) is 12.5. The number of nitrogens with one attached hydrogen (secondary N) is 1. The van der Waals surface area contributed by atoms with Crippen LogP contribution in [0.1, 0.15) is 23.1 Å². The second kappa shape index (κ2) is 6.16. The van der Waals surface area contributed by atoms with Crippen LogP contribution in [-0.2, 0) is 21.4 Å². The van der Waals surface area contributed by atoms with Crippen molar-refractivity contribution in [3.63, 3.8) is 0 Å². The van der Waals surface area contributed by atoms with Crippen molar-refractivity contribution in [3.8, 4) is 5.75 Å². The van der Waals surface area contributed by atoms with Gasteiger partial charge in [-0.25, -0.2) is 0 Å². The standard InChI is InChI=1S/C21H22N2O3/c1-14-3-5-15(6-4-14)11-19(24)23-10-9-21(13-23)17-12-16(26-2)7-8-18(17)22-20(21)25/h3-8,12H,9-11,13H2,1-2H3,(H,22,25)/t21-/m0/s1. The number of likely N-dealkylation sites (tertiary alicyclic amines) is 1. The Hall–Kier alpha value is -2.82. The molecule has 1 N–H and O–H groups in total. The summed E-state index contributed by atoms with van der Waals surface area (Å²) in [5.41, 5.74) is 3.28. The Morgan fingerprint density at radius 3 is 2.73 bits per heavy atom. The Morgan fingerprint density at radius 1 is 1.23 bits per heavy atom. The van der Waals surface area contributed by atoms with E-state index in [0.717, 1.165) is 22.6 Å². The second-order valence-corrected chi connectivity index (χ2v) is 7.18. The van der Waals surface area contributed by atoms with E-state index in [-0.39, 0.29) is 11.8 Å². The highest BCUT2D eigenvalue weighted by molar-refractivity contribution is 6.07. The fourth-order valence-electron chi connectivity index (χ4n) is 3.94. The number of fused-ring (bicyclic) bond motifs is 2. The van der Waals surface area contributed by atoms with E-state index in [4.69, 9.17) is 4.74 Å². The lowest BCUT2D eigenvalue weighted by molar-refractivity contribution is -0.129. The average molecular weight is 350 g/mol. The van der Waals surface area contributed by atoms with Crippen LogP contribution in [-0.4, -0.2) is 36.9 Å². The molecular formula is C21H22N2O3. The molecule has 2 aliphatic rings. The summed E-state index contributed by atoms with van der Waals surface area (Å²) < 4.78 is 5.32. The summed E-state index contributed by atoms with van der Waals surface area (Å²) in [7, 11) is 1.62. The molecule has 5 nitrogen and oxygen atoms in total. The maximum absolute atomic E-state index is 12.8. The molecule has 1 spiro atoms. The number of amides is 2. The number of carbonyl (C=O) groups is 2. The number of ether oxygens (including phenoxy) is 1. The van der Waals surface area contributed by atoms with E-state index < -0.39 is 5.41 Å². The van der Waals surface area contributed by atoms with E-state index in [2.05, 4.69) is 5.32 Å². The Balaban J connectivity index is 1.55. The zero-order chi connectivity index (χ0) is 18.3. The van der Waals surface area contributed by atoms with Crippen molar-refractivity contribution < 1.29 is 14.3 Å². The van der Waals surface area contributed by atoms with Crippen molar-refractivity contribution in [2.45, 2.75) is 25.2 Å². The first kappa shape index (κ1) is 16.6. The Bertz CT molecular complexity index is 875. The van der Waals surface area contributed by atoms with Crippen molar-refractivity contribution in [1.29, 1.82) is 0 Å². The Labute approximate surface area is 153 Å². The summed E-state index contributed by atoms with van der Waals surface area (Å²) in [4.78, 5) is 27.3. The predicted octanol–water partition coefficient (Wildman–Crippen LogP) is 2.67. The van der Waals surface area contributed by atoms with Gasteiger partial charge in [-0.05, 0) is 42.7 Å². The molecule has 0 bridgehead atoms. The van der Waals surface area contributed by atoms with Crippen LogP contribution in [0.25, 0.3) is 0 Å². The van der Waals surface area contributed by atoms with Gasteiger partial charge in [-0.3, -0.25) is 9.59 Å². The second-order valence-electron chi connectivity index (χ2n) is 7.18. The van der Waals surface area contributed by atoms with Gasteiger partial charge in [0.2, 0.25) is 11.8 Å². The van der Waals surface area contributed by atoms with Gasteiger partial charge in [0.25, 0.3) is 0 Å². The largest absolute Gasteiger partial charge is 0.497 e. The van der Waals surface area contributed by atoms with Crippen LogP contribution in [0.2, 0.25) is 0 Å². The average Bonchev–Trinajstić information content (AvgIpc) is 3.20. The third-order valence-corrected chi connectivity index (χ3v) is 5.52. The van der Waals surface area contributed by atoms with Crippen molar-refractivity contribution in [2.24, 2.45) is 0 Å². The number of hydrogen-bond acceptors (Lipinski definition) is 3. The molecule has 134 valence electrons. The molecule has 2 heterocycles. The summed E-state index contributed by atoms with van der Waals surface area (Å²) in [6, 6.07) is 13.6. The number of benzene rings is 2. The van der Waals surface area contributed by atoms with E-state index in [1.807, 2.05) is 54.3 Å². The van der Waals surface area contributed by atoms with Crippen LogP contribution in [0.15, 0.2) is 42.5 Å². The SMILES string of the molecule is COc1ccc2c(c1)[C@@]1(CCN(C(=O)Cc3ccc(C)cc3)C1)C(=O)N2. The number of carbonyl (C=O) groups excluding carboxylic acids is 2. The fourth-order valence-corrected chi connectivity index (χ4v) is 3.94. The Morgan fingerprint density at radius 2 is 2.00 bits per heavy atom. The molecule has 0 unspecified atom stereocenters. The minimum atomic E-state index is -0.660. The lowest BCUT2D eigenvalue weighted by atomic mass is 9.81. The molecule has 5 heteroatoms. The molecule has 1 saturated heterocycles. The molecule has 2 aromatic carbocycles. The highest BCUT2D eigenvalue weighted by atomic mass is 16.5. The molecule has 2 aliphatic heterocycles. The van der Waals surface area contributed by atoms with E-state index >= 15 is 0 Å². The maximum Gasteiger partial charge on any atom is 0.237 e. The highest BCUT2D eigenvalue weighted by Gasteiger charge is 2.52. The topological polar surface area (TPSA) is 58.6 Å². The highest BCUT2D eigenvalue weighted by Crippen LogP contribution is 2.45. The van der Waals surface area contributed by atoms with Gasteiger partial charge in [0.15, 0.2) is 0 Å². The minimum Gasteiger partial charge on any atom is -0.497 e. The van der Waals surface area contributed by atoms with Gasteiger partial charge in [0, 0.05) is 18.8 Å². The van der Waals surface area contributed by atoms with Crippen LogP contribution in [0.4, 0.5) is 5.69 Å². The quantitative estimate of drug-likeness (QED) is 0.926. The van der Waals surface area contributed by atoms with E-state index in [1.54, 1.807) is 7.11 Å². The third-order valence-electron chi connectivity index (χ3n) is 5.52. The van der Waals surface area contributed by atoms with E-state index in [9.17, 15) is 9.59 Å². The fraction of sp³-hybridized carbons (Fsp3) is 0.333. The molecule has 0 saturated carbocycles. The zero-order valence-corrected chi connectivity index (χ0v) is 15.0. The number of aryl methyl sites for hydroxylation is 1. The van der Waals surface area contributed by atoms with Gasteiger partial charge in [-0.15, -0.1) is 0 Å². The number of nitrogens with zero attached hydrogens (tertiary/aromatic N) is 1. The predicted molar refractivity (Wildman–Crippen MR) is 99.4 cm³/mol. The lowest BCUT2D eigenvalue weighted by Gasteiger charge is -2.23. The number of methoxy groups -OCH3 is 1. The molecular weight excluding hydrogens is 328 g/mol. The normalized spacial score (nSPS) is 21.0. The summed E-state index contributed by atoms with van der Waals surface area (Å²) in [5.74, 6) is 0.769. The lowest BCUT2D eigenvalue weighted by Crippen LogP contribution is -2.39. The van der Waals surface area contributed by atoms with Crippen LogP contribution >= 0.6 is 0 Å². The monoisotopic (exact) mass is 350 g/mol. The zero-order valence-electron chi connectivity index (χ0n) is 15.0. The van der Waals surface area contributed by atoms with Crippen LogP contribution in [0.3, 0.4) is 0 Å². The smallest absolute Gasteiger partial charge is 0.237 e. The summed E-state index contributed by atoms with van der Waals surface area (Å²) >= 11 is 0. The molecule has 0 aliphatic carbocycles. The Kier molecular flexibility index (Phi) is 3.94. The number of rotatable bonds is 3. The van der Waals surface area contributed by atoms with Crippen LogP contribution in [0, 0.1) is 6.92 Å². The summed E-state index contributed by atoms with van der Waals surface area (Å²) in [6.45, 7) is 3.04. The van der Waals surface area contributed by atoms with Gasteiger partial charge in [0.1, 0.15) is 5.75 Å². The molecule has 0 aromatic heterocycles. The molecule has 0 radical (unpaired) electrons. The van der Waals surface area contributed by atoms with Crippen molar-refractivity contribution in [3.05, 3.63) is 59.2 Å². The first-order valence-corrected chi connectivity index (χ1v) is 8.85. The van der Waals surface area contributed by atoms with Gasteiger partial charge in [-0.1, -0.05) is 29.8 Å². The first-order valence-electron chi connectivity index (χ1n) is 8.85. The maximum atomic E-state index is 12.8. The summed E-state index contributed by atoms with van der Waals surface area (Å²) in [6.07, 6.45) is 1.00. The number of anilines is 1. The van der Waals surface area contributed by atoms with Crippen molar-refractivity contribution >= 4 is 17.5 Å². The molecule has 1 atom stereocenters. The molecule has 2 amide bonds. The van der Waals surface area contributed by atoms with Gasteiger partial charge in [0.05, 0.1) is 18.9 Å². The van der Waals surface area contributed by atoms with Crippen molar-refractivity contribution in [1.82, 2.24) is 4.90 Å². The van der Waals surface area contributed by atoms with E-state index in [1.165, 1.54) is 5.56 Å². The van der Waals surface area contributed by atoms with Gasteiger partial charge >= 0.3 is 0 Å². The van der Waals surface area contributed by atoms with Gasteiger partial charge < -0.3 is 15.0 Å². The van der Waals surface area contributed by atoms with E-state index in [0.29, 0.717) is 25.9 Å². The van der Waals surface area contributed by atoms with Crippen LogP contribution < -0.4 is 10.1 Å². The van der Waals surface area contributed by atoms with Crippen molar-refractivity contribution in [2.75, 3.05) is 25.5 Å². The van der Waals surface area contributed by atoms with Crippen LogP contribution in [0.5, 0.6) is 5.75 Å². The molecule has 1 fully saturated rings. The van der Waals surface area contributed by atoms with Gasteiger partial charge in [-0.2, -0.15) is 0 Å². The molecule has 2 aromatic rings. The third kappa shape index (κ3) is 2.64.